The van der Waals surface area contributed by atoms with Crippen LogP contribution in [0.3, 0.4) is 0 Å². The highest BCUT2D eigenvalue weighted by Gasteiger charge is 2.32. The number of amides is 2. The Morgan fingerprint density at radius 2 is 1.55 bits per heavy atom. The van der Waals surface area contributed by atoms with Crippen LogP contribution in [0.4, 0.5) is 5.69 Å². The minimum Gasteiger partial charge on any atom is -0.354 e. The summed E-state index contributed by atoms with van der Waals surface area (Å²) in [6.45, 7) is 7.69. The van der Waals surface area contributed by atoms with Crippen LogP contribution in [-0.4, -0.2) is 50.8 Å². The van der Waals surface area contributed by atoms with Crippen molar-refractivity contribution in [2.24, 2.45) is 0 Å². The van der Waals surface area contributed by atoms with E-state index in [0.717, 1.165) is 23.1 Å². The van der Waals surface area contributed by atoms with Crippen molar-refractivity contribution in [2.75, 3.05) is 23.9 Å². The third-order valence-electron chi connectivity index (χ3n) is 6.44. The molecule has 2 amide bonds. The van der Waals surface area contributed by atoms with E-state index in [2.05, 4.69) is 5.32 Å². The highest BCUT2D eigenvalue weighted by Crippen LogP contribution is 2.28. The molecule has 0 radical (unpaired) electrons. The van der Waals surface area contributed by atoms with Crippen LogP contribution < -0.4 is 9.62 Å². The lowest BCUT2D eigenvalue weighted by Gasteiger charge is -2.32. The molecule has 0 spiro atoms. The number of hydrogen-bond acceptors (Lipinski definition) is 4. The third-order valence-corrected chi connectivity index (χ3v) is 8.22. The number of sulfonamides is 1. The smallest absolute Gasteiger partial charge is 0.264 e. The fourth-order valence-electron chi connectivity index (χ4n) is 4.19. The number of aryl methyl sites for hydroxylation is 2. The van der Waals surface area contributed by atoms with Gasteiger partial charge in [-0.15, -0.1) is 0 Å². The number of nitrogens with one attached hydrogen (secondary N) is 1. The first-order valence-corrected chi connectivity index (χ1v) is 14.3. The second-order valence-corrected chi connectivity index (χ2v) is 11.3. The lowest BCUT2D eigenvalue weighted by molar-refractivity contribution is -0.138. The highest BCUT2D eigenvalue weighted by molar-refractivity contribution is 7.92. The Balaban J connectivity index is 1.99. The Labute approximate surface area is 226 Å². The van der Waals surface area contributed by atoms with Gasteiger partial charge >= 0.3 is 0 Å². The topological polar surface area (TPSA) is 86.8 Å². The molecule has 1 N–H and O–H groups in total. The van der Waals surface area contributed by atoms with Crippen LogP contribution in [0.15, 0.2) is 83.8 Å². The molecule has 202 valence electrons. The van der Waals surface area contributed by atoms with Crippen molar-refractivity contribution in [3.63, 3.8) is 0 Å². The average molecular weight is 536 g/mol. The summed E-state index contributed by atoms with van der Waals surface area (Å²) >= 11 is 0. The van der Waals surface area contributed by atoms with Gasteiger partial charge in [0.1, 0.15) is 12.6 Å². The van der Waals surface area contributed by atoms with Gasteiger partial charge < -0.3 is 10.2 Å². The van der Waals surface area contributed by atoms with Crippen molar-refractivity contribution in [1.29, 1.82) is 0 Å². The highest BCUT2D eigenvalue weighted by atomic mass is 32.2. The van der Waals surface area contributed by atoms with Crippen LogP contribution in [0.1, 0.15) is 37.0 Å². The van der Waals surface area contributed by atoms with E-state index in [4.69, 9.17) is 0 Å². The summed E-state index contributed by atoms with van der Waals surface area (Å²) in [6, 6.07) is 22.5. The molecule has 7 nitrogen and oxygen atoms in total. The molecule has 0 heterocycles. The number of nitrogens with zero attached hydrogens (tertiary/aromatic N) is 2. The quantitative estimate of drug-likeness (QED) is 0.370. The van der Waals surface area contributed by atoms with Crippen LogP contribution in [0.2, 0.25) is 0 Å². The summed E-state index contributed by atoms with van der Waals surface area (Å²) in [5.74, 6) is -0.710. The van der Waals surface area contributed by atoms with Gasteiger partial charge in [0, 0.05) is 13.1 Å². The molecule has 1 atom stereocenters. The Kier molecular flexibility index (Phi) is 10.1. The maximum absolute atomic E-state index is 13.9. The number of carbonyl (C=O) groups excluding carboxylic acids is 2. The molecule has 0 saturated carbocycles. The van der Waals surface area contributed by atoms with Crippen molar-refractivity contribution in [3.05, 3.63) is 95.6 Å². The summed E-state index contributed by atoms with van der Waals surface area (Å²) in [7, 11) is -4.06. The number of carbonyl (C=O) groups is 2. The van der Waals surface area contributed by atoms with Gasteiger partial charge in [0.25, 0.3) is 10.0 Å². The molecular formula is C30H37N3O4S. The second kappa shape index (κ2) is 13.2. The molecule has 3 aromatic carbocycles. The Hall–Kier alpha value is -3.65. The zero-order valence-corrected chi connectivity index (χ0v) is 23.4. The van der Waals surface area contributed by atoms with E-state index < -0.39 is 28.5 Å². The summed E-state index contributed by atoms with van der Waals surface area (Å²) < 4.78 is 28.9. The van der Waals surface area contributed by atoms with Gasteiger partial charge in [-0.1, -0.05) is 67.6 Å². The molecule has 3 rings (SSSR count). The number of rotatable bonds is 12. The lowest BCUT2D eigenvalue weighted by atomic mass is 10.1. The third kappa shape index (κ3) is 7.22. The first kappa shape index (κ1) is 28.9. The fraction of sp³-hybridized carbons (Fsp3) is 0.333. The van der Waals surface area contributed by atoms with Crippen LogP contribution in [0.25, 0.3) is 0 Å². The molecule has 0 saturated heterocycles. The van der Waals surface area contributed by atoms with Gasteiger partial charge in [0.2, 0.25) is 11.8 Å². The maximum atomic E-state index is 13.9. The molecule has 0 unspecified atom stereocenters. The molecule has 0 aliphatic rings. The van der Waals surface area contributed by atoms with Crippen molar-refractivity contribution < 1.29 is 18.0 Å². The van der Waals surface area contributed by atoms with E-state index in [-0.39, 0.29) is 17.3 Å². The van der Waals surface area contributed by atoms with Crippen LogP contribution >= 0.6 is 0 Å². The Bertz CT molecular complexity index is 1330. The standard InChI is InChI=1S/C30H37N3O4S/c1-5-19-31-30(35)25(4)32(20-18-26-12-8-6-9-13-26)29(34)22-33(28-21-23(2)16-17-24(28)3)38(36,37)27-14-10-7-11-15-27/h6-17,21,25H,5,18-20,22H2,1-4H3,(H,31,35)/t25-/m0/s1. The summed E-state index contributed by atoms with van der Waals surface area (Å²) in [6.07, 6.45) is 1.30. The minimum atomic E-state index is -4.06. The Morgan fingerprint density at radius 3 is 2.18 bits per heavy atom. The first-order valence-electron chi connectivity index (χ1n) is 12.9. The molecule has 38 heavy (non-hydrogen) atoms. The first-order chi connectivity index (χ1) is 18.1. The van der Waals surface area contributed by atoms with E-state index in [9.17, 15) is 18.0 Å². The predicted molar refractivity (Wildman–Crippen MR) is 152 cm³/mol. The number of anilines is 1. The maximum Gasteiger partial charge on any atom is 0.264 e. The molecule has 8 heteroatoms. The molecular weight excluding hydrogens is 498 g/mol. The monoisotopic (exact) mass is 535 g/mol. The van der Waals surface area contributed by atoms with Crippen molar-refractivity contribution in [2.45, 2.75) is 51.5 Å². The van der Waals surface area contributed by atoms with Crippen LogP contribution in [0.5, 0.6) is 0 Å². The van der Waals surface area contributed by atoms with Crippen LogP contribution in [0, 0.1) is 13.8 Å². The molecule has 0 fully saturated rings. The van der Waals surface area contributed by atoms with Crippen LogP contribution in [-0.2, 0) is 26.0 Å². The van der Waals surface area contributed by atoms with E-state index in [1.807, 2.05) is 63.2 Å². The largest absolute Gasteiger partial charge is 0.354 e. The fourth-order valence-corrected chi connectivity index (χ4v) is 5.68. The summed E-state index contributed by atoms with van der Waals surface area (Å²) in [5.41, 5.74) is 3.06. The van der Waals surface area contributed by atoms with Crippen molar-refractivity contribution >= 4 is 27.5 Å². The summed E-state index contributed by atoms with van der Waals surface area (Å²) in [5, 5.41) is 2.86. The zero-order valence-electron chi connectivity index (χ0n) is 22.6. The average Bonchev–Trinajstić information content (AvgIpc) is 2.92. The van der Waals surface area contributed by atoms with Gasteiger partial charge in [-0.05, 0) is 68.5 Å². The van der Waals surface area contributed by atoms with E-state index in [1.54, 1.807) is 31.2 Å². The minimum absolute atomic E-state index is 0.0956. The predicted octanol–water partition coefficient (Wildman–Crippen LogP) is 4.48. The van der Waals surface area contributed by atoms with Gasteiger partial charge in [-0.2, -0.15) is 0 Å². The summed E-state index contributed by atoms with van der Waals surface area (Å²) in [4.78, 5) is 28.4. The molecule has 0 aliphatic carbocycles. The molecule has 0 aliphatic heterocycles. The van der Waals surface area contributed by atoms with E-state index in [0.29, 0.717) is 18.7 Å². The SMILES string of the molecule is CCCNC(=O)[C@H](C)N(CCc1ccccc1)C(=O)CN(c1cc(C)ccc1C)S(=O)(=O)c1ccccc1. The normalized spacial score (nSPS) is 12.0. The molecule has 0 aromatic heterocycles. The van der Waals surface area contributed by atoms with Gasteiger partial charge in [0.15, 0.2) is 0 Å². The van der Waals surface area contributed by atoms with Crippen molar-refractivity contribution in [3.8, 4) is 0 Å². The zero-order chi connectivity index (χ0) is 27.7. The number of hydrogen-bond donors (Lipinski definition) is 1. The van der Waals surface area contributed by atoms with Gasteiger partial charge in [-0.3, -0.25) is 13.9 Å². The van der Waals surface area contributed by atoms with Crippen molar-refractivity contribution in [1.82, 2.24) is 10.2 Å². The van der Waals surface area contributed by atoms with E-state index in [1.165, 1.54) is 21.3 Å². The van der Waals surface area contributed by atoms with Gasteiger partial charge in [0.05, 0.1) is 10.6 Å². The Morgan fingerprint density at radius 1 is 0.921 bits per heavy atom. The van der Waals surface area contributed by atoms with Gasteiger partial charge in [-0.25, -0.2) is 8.42 Å². The molecule has 0 bridgehead atoms. The second-order valence-electron chi connectivity index (χ2n) is 9.40. The lowest BCUT2D eigenvalue weighted by Crippen LogP contribution is -2.52. The van der Waals surface area contributed by atoms with E-state index >= 15 is 0 Å². The number of benzene rings is 3. The molecule has 3 aromatic rings.